The molecule has 1 aliphatic heterocycles. The van der Waals surface area contributed by atoms with E-state index >= 15 is 0 Å². The van der Waals surface area contributed by atoms with Crippen LogP contribution in [0.2, 0.25) is 10.3 Å². The molecule has 3 N–H and O–H groups in total. The van der Waals surface area contributed by atoms with Gasteiger partial charge in [0.1, 0.15) is 12.0 Å². The quantitative estimate of drug-likeness (QED) is 0.826. The minimum atomic E-state index is -0.652. The number of nitrogens with zero attached hydrogens (tertiary/aromatic N) is 2. The molecule has 1 fully saturated rings. The second-order valence-corrected chi connectivity index (χ2v) is 5.10. The Kier molecular flexibility index (Phi) is 4.57. The van der Waals surface area contributed by atoms with E-state index in [1.807, 2.05) is 0 Å². The highest BCUT2D eigenvalue weighted by Gasteiger charge is 2.39. The summed E-state index contributed by atoms with van der Waals surface area (Å²) in [5.74, 6) is -0.225. The zero-order valence-electron chi connectivity index (χ0n) is 10.2. The highest BCUT2D eigenvalue weighted by Crippen LogP contribution is 2.33. The first kappa shape index (κ1) is 14.5. The van der Waals surface area contributed by atoms with Gasteiger partial charge in [-0.25, -0.2) is 9.97 Å². The lowest BCUT2D eigenvalue weighted by molar-refractivity contribution is -0.130. The van der Waals surface area contributed by atoms with E-state index in [2.05, 4.69) is 15.3 Å². The fourth-order valence-corrected chi connectivity index (χ4v) is 2.39. The average Bonchev–Trinajstić information content (AvgIpc) is 2.43. The molecule has 0 aliphatic carbocycles. The number of hydrogen-bond donors (Lipinski definition) is 2. The molecule has 6 nitrogen and oxygen atoms in total. The van der Waals surface area contributed by atoms with Gasteiger partial charge in [0.2, 0.25) is 5.91 Å². The minimum absolute atomic E-state index is 0.104. The van der Waals surface area contributed by atoms with E-state index in [4.69, 9.17) is 33.7 Å². The molecule has 0 atom stereocenters. The Morgan fingerprint density at radius 3 is 2.47 bits per heavy atom. The fraction of sp³-hybridized carbons (Fsp3) is 0.545. The van der Waals surface area contributed by atoms with E-state index in [9.17, 15) is 4.79 Å². The van der Waals surface area contributed by atoms with Crippen molar-refractivity contribution in [2.75, 3.05) is 25.1 Å². The molecule has 0 spiro atoms. The Morgan fingerprint density at radius 1 is 1.37 bits per heavy atom. The van der Waals surface area contributed by atoms with Gasteiger partial charge in [-0.15, -0.1) is 0 Å². The molecular weight excluding hydrogens is 291 g/mol. The summed E-state index contributed by atoms with van der Waals surface area (Å²) in [5, 5.41) is 2.89. The Labute approximate surface area is 120 Å². The van der Waals surface area contributed by atoms with Gasteiger partial charge in [-0.1, -0.05) is 23.2 Å². The first-order chi connectivity index (χ1) is 9.09. The van der Waals surface area contributed by atoms with Gasteiger partial charge in [0, 0.05) is 19.8 Å². The lowest BCUT2D eigenvalue weighted by Gasteiger charge is -2.34. The van der Waals surface area contributed by atoms with Crippen molar-refractivity contribution in [2.45, 2.75) is 12.8 Å². The smallest absolute Gasteiger partial charge is 0.232 e. The summed E-state index contributed by atoms with van der Waals surface area (Å²) in [5.41, 5.74) is 5.32. The predicted molar refractivity (Wildman–Crippen MR) is 72.2 cm³/mol. The number of carbonyl (C=O) groups is 1. The zero-order chi connectivity index (χ0) is 13.9. The van der Waals surface area contributed by atoms with Crippen LogP contribution in [-0.4, -0.2) is 35.6 Å². The van der Waals surface area contributed by atoms with Crippen LogP contribution in [0.5, 0.6) is 0 Å². The van der Waals surface area contributed by atoms with Gasteiger partial charge < -0.3 is 15.8 Å². The molecule has 0 saturated carbocycles. The number of anilines is 1. The van der Waals surface area contributed by atoms with Crippen molar-refractivity contribution >= 4 is 34.8 Å². The minimum Gasteiger partial charge on any atom is -0.381 e. The van der Waals surface area contributed by atoms with Crippen LogP contribution in [0.1, 0.15) is 12.8 Å². The summed E-state index contributed by atoms with van der Waals surface area (Å²) in [7, 11) is 0. The second-order valence-electron chi connectivity index (χ2n) is 4.38. The third-order valence-corrected chi connectivity index (χ3v) is 3.89. The third-order valence-electron chi connectivity index (χ3n) is 3.32. The standard InChI is InChI=1S/C11H14Cl2N4O2/c12-8-7(9(13)16-6-15-8)17-10(18)11(5-14)1-3-19-4-2-11/h6H,1-5,14H2,(H,17,18). The van der Waals surface area contributed by atoms with Gasteiger partial charge in [0.05, 0.1) is 5.41 Å². The first-order valence-corrected chi connectivity index (χ1v) is 6.60. The van der Waals surface area contributed by atoms with E-state index in [1.54, 1.807) is 0 Å². The van der Waals surface area contributed by atoms with Crippen LogP contribution < -0.4 is 11.1 Å². The largest absolute Gasteiger partial charge is 0.381 e. The van der Waals surface area contributed by atoms with Crippen LogP contribution in [0.15, 0.2) is 6.33 Å². The number of aromatic nitrogens is 2. The molecule has 0 aromatic carbocycles. The van der Waals surface area contributed by atoms with E-state index in [0.717, 1.165) is 0 Å². The van der Waals surface area contributed by atoms with Crippen molar-refractivity contribution in [1.29, 1.82) is 0 Å². The van der Waals surface area contributed by atoms with Gasteiger partial charge in [0.25, 0.3) is 0 Å². The topological polar surface area (TPSA) is 90.1 Å². The Balaban J connectivity index is 2.20. The Bertz CT molecular complexity index is 458. The maximum Gasteiger partial charge on any atom is 0.232 e. The lowest BCUT2D eigenvalue weighted by Crippen LogP contribution is -2.46. The number of halogens is 2. The van der Waals surface area contributed by atoms with Crippen LogP contribution in [0.25, 0.3) is 0 Å². The average molecular weight is 305 g/mol. The van der Waals surface area contributed by atoms with E-state index in [1.165, 1.54) is 6.33 Å². The molecule has 0 unspecified atom stereocenters. The normalized spacial score (nSPS) is 18.1. The number of rotatable bonds is 3. The van der Waals surface area contributed by atoms with Crippen LogP contribution in [-0.2, 0) is 9.53 Å². The maximum absolute atomic E-state index is 12.4. The molecule has 1 aromatic heterocycles. The second kappa shape index (κ2) is 6.00. The van der Waals surface area contributed by atoms with E-state index in [-0.39, 0.29) is 28.4 Å². The van der Waals surface area contributed by atoms with Gasteiger partial charge in [-0.05, 0) is 12.8 Å². The molecule has 1 saturated heterocycles. The third kappa shape index (κ3) is 2.97. The van der Waals surface area contributed by atoms with Crippen molar-refractivity contribution in [3.05, 3.63) is 16.6 Å². The van der Waals surface area contributed by atoms with Crippen LogP contribution in [0.4, 0.5) is 5.69 Å². The predicted octanol–water partition coefficient (Wildman–Crippen LogP) is 1.48. The molecule has 2 heterocycles. The molecular formula is C11H14Cl2N4O2. The highest BCUT2D eigenvalue weighted by atomic mass is 35.5. The Morgan fingerprint density at radius 2 is 1.95 bits per heavy atom. The summed E-state index contributed by atoms with van der Waals surface area (Å²) in [6.45, 7) is 1.26. The van der Waals surface area contributed by atoms with Crippen LogP contribution >= 0.6 is 23.2 Å². The molecule has 1 aliphatic rings. The van der Waals surface area contributed by atoms with Gasteiger partial charge in [0.15, 0.2) is 10.3 Å². The van der Waals surface area contributed by atoms with Crippen LogP contribution in [0, 0.1) is 5.41 Å². The number of amides is 1. The highest BCUT2D eigenvalue weighted by molar-refractivity contribution is 6.38. The number of nitrogens with one attached hydrogen (secondary N) is 1. The van der Waals surface area contributed by atoms with Crippen molar-refractivity contribution < 1.29 is 9.53 Å². The zero-order valence-corrected chi connectivity index (χ0v) is 11.7. The van der Waals surface area contributed by atoms with Crippen molar-refractivity contribution in [1.82, 2.24) is 9.97 Å². The number of nitrogens with two attached hydrogens (primary N) is 1. The molecule has 1 aromatic rings. The number of carbonyl (C=O) groups excluding carboxylic acids is 1. The summed E-state index contributed by atoms with van der Waals surface area (Å²) < 4.78 is 5.26. The summed E-state index contributed by atoms with van der Waals surface area (Å²) in [6, 6.07) is 0. The summed E-state index contributed by atoms with van der Waals surface area (Å²) in [4.78, 5) is 20.0. The molecule has 8 heteroatoms. The van der Waals surface area contributed by atoms with Crippen molar-refractivity contribution in [2.24, 2.45) is 11.1 Å². The van der Waals surface area contributed by atoms with E-state index < -0.39 is 5.41 Å². The molecule has 0 bridgehead atoms. The summed E-state index contributed by atoms with van der Waals surface area (Å²) in [6.07, 6.45) is 2.37. The molecule has 19 heavy (non-hydrogen) atoms. The maximum atomic E-state index is 12.4. The van der Waals surface area contributed by atoms with Crippen molar-refractivity contribution in [3.63, 3.8) is 0 Å². The number of ether oxygens (including phenoxy) is 1. The van der Waals surface area contributed by atoms with Gasteiger partial charge in [-0.3, -0.25) is 4.79 Å². The van der Waals surface area contributed by atoms with Crippen molar-refractivity contribution in [3.8, 4) is 0 Å². The van der Waals surface area contributed by atoms with Crippen LogP contribution in [0.3, 0.4) is 0 Å². The number of hydrogen-bond acceptors (Lipinski definition) is 5. The fourth-order valence-electron chi connectivity index (χ4n) is 1.98. The lowest BCUT2D eigenvalue weighted by atomic mass is 9.79. The molecule has 1 amide bonds. The monoisotopic (exact) mass is 304 g/mol. The SMILES string of the molecule is NCC1(C(=O)Nc2c(Cl)ncnc2Cl)CCOCC1. The van der Waals surface area contributed by atoms with E-state index in [0.29, 0.717) is 26.1 Å². The first-order valence-electron chi connectivity index (χ1n) is 5.84. The molecule has 2 rings (SSSR count). The Hall–Kier alpha value is -0.950. The molecule has 104 valence electrons. The molecule has 0 radical (unpaired) electrons. The van der Waals surface area contributed by atoms with Gasteiger partial charge >= 0.3 is 0 Å². The van der Waals surface area contributed by atoms with Gasteiger partial charge in [-0.2, -0.15) is 0 Å². The summed E-state index contributed by atoms with van der Waals surface area (Å²) >= 11 is 11.8.